The molecule has 24 heavy (non-hydrogen) atoms. The van der Waals surface area contributed by atoms with E-state index in [4.69, 9.17) is 0 Å². The summed E-state index contributed by atoms with van der Waals surface area (Å²) in [5, 5.41) is 0. The smallest absolute Gasteiger partial charge is 0.264 e. The molecule has 4 heteroatoms. The zero-order valence-electron chi connectivity index (χ0n) is 14.2. The van der Waals surface area contributed by atoms with Gasteiger partial charge in [-0.3, -0.25) is 4.31 Å². The Morgan fingerprint density at radius 3 is 2.33 bits per heavy atom. The minimum atomic E-state index is -3.65. The van der Waals surface area contributed by atoms with E-state index in [1.807, 2.05) is 50.2 Å². The van der Waals surface area contributed by atoms with Crippen LogP contribution in [0.25, 0.3) is 5.57 Å². The van der Waals surface area contributed by atoms with Crippen molar-refractivity contribution < 1.29 is 8.42 Å². The second-order valence-electron chi connectivity index (χ2n) is 5.77. The van der Waals surface area contributed by atoms with Gasteiger partial charge in [0.1, 0.15) is 0 Å². The van der Waals surface area contributed by atoms with E-state index in [0.29, 0.717) is 18.7 Å². The van der Waals surface area contributed by atoms with E-state index in [2.05, 4.69) is 13.2 Å². The molecule has 0 radical (unpaired) electrons. The maximum atomic E-state index is 13.2. The van der Waals surface area contributed by atoms with Crippen LogP contribution >= 0.6 is 0 Å². The standard InChI is InChI=1S/C20H23NO2S/c1-5-6-15-21(20-10-8-7-9-19(20)16(2)3)24(22,23)18-13-11-17(4)12-14-18/h5,7-14H,1-2,6,15H2,3-4H3. The fraction of sp³-hybridized carbons (Fsp3) is 0.200. The van der Waals surface area contributed by atoms with Crippen LogP contribution < -0.4 is 4.31 Å². The van der Waals surface area contributed by atoms with Crippen LogP contribution in [0.15, 0.2) is 72.7 Å². The molecule has 0 fully saturated rings. The van der Waals surface area contributed by atoms with Crippen LogP contribution in [0.4, 0.5) is 5.69 Å². The Labute approximate surface area is 145 Å². The van der Waals surface area contributed by atoms with Crippen molar-refractivity contribution in [3.8, 4) is 0 Å². The predicted octanol–water partition coefficient (Wildman–Crippen LogP) is 4.80. The van der Waals surface area contributed by atoms with E-state index in [9.17, 15) is 8.42 Å². The predicted molar refractivity (Wildman–Crippen MR) is 102 cm³/mol. The lowest BCUT2D eigenvalue weighted by Gasteiger charge is -2.26. The quantitative estimate of drug-likeness (QED) is 0.678. The van der Waals surface area contributed by atoms with Crippen LogP contribution in [0.2, 0.25) is 0 Å². The second-order valence-corrected chi connectivity index (χ2v) is 7.63. The fourth-order valence-corrected chi connectivity index (χ4v) is 3.97. The number of anilines is 1. The van der Waals surface area contributed by atoms with E-state index in [1.165, 1.54) is 4.31 Å². The SMILES string of the molecule is C=CCCN(c1ccccc1C(=C)C)S(=O)(=O)c1ccc(C)cc1. The summed E-state index contributed by atoms with van der Waals surface area (Å²) in [6.07, 6.45) is 2.29. The third-order valence-electron chi connectivity index (χ3n) is 3.78. The Morgan fingerprint density at radius 1 is 1.12 bits per heavy atom. The molecule has 2 aromatic carbocycles. The Kier molecular flexibility index (Phi) is 5.62. The largest absolute Gasteiger partial charge is 0.265 e. The minimum Gasteiger partial charge on any atom is -0.265 e. The highest BCUT2D eigenvalue weighted by molar-refractivity contribution is 7.92. The number of para-hydroxylation sites is 1. The summed E-state index contributed by atoms with van der Waals surface area (Å²) in [7, 11) is -3.65. The summed E-state index contributed by atoms with van der Waals surface area (Å²) >= 11 is 0. The van der Waals surface area contributed by atoms with Gasteiger partial charge in [-0.1, -0.05) is 48.6 Å². The molecule has 0 aliphatic heterocycles. The van der Waals surface area contributed by atoms with Gasteiger partial charge in [0.2, 0.25) is 0 Å². The van der Waals surface area contributed by atoms with Gasteiger partial charge in [-0.2, -0.15) is 0 Å². The highest BCUT2D eigenvalue weighted by atomic mass is 32.2. The van der Waals surface area contributed by atoms with Crippen molar-refractivity contribution in [3.05, 3.63) is 78.9 Å². The molecular weight excluding hydrogens is 318 g/mol. The molecule has 0 spiro atoms. The summed E-state index contributed by atoms with van der Waals surface area (Å²) in [5.41, 5.74) is 3.33. The van der Waals surface area contributed by atoms with Crippen molar-refractivity contribution in [1.29, 1.82) is 0 Å². The van der Waals surface area contributed by atoms with E-state index < -0.39 is 10.0 Å². The molecule has 0 aliphatic carbocycles. The van der Waals surface area contributed by atoms with Crippen LogP contribution in [0.1, 0.15) is 24.5 Å². The molecule has 3 nitrogen and oxygen atoms in total. The number of hydrogen-bond donors (Lipinski definition) is 0. The number of benzene rings is 2. The van der Waals surface area contributed by atoms with Gasteiger partial charge in [0, 0.05) is 12.1 Å². The third-order valence-corrected chi connectivity index (χ3v) is 5.61. The van der Waals surface area contributed by atoms with E-state index in [0.717, 1.165) is 16.7 Å². The molecular formula is C20H23NO2S. The summed E-state index contributed by atoms with van der Waals surface area (Å²) < 4.78 is 27.8. The molecule has 0 saturated carbocycles. The average molecular weight is 341 g/mol. The maximum absolute atomic E-state index is 13.2. The van der Waals surface area contributed by atoms with Gasteiger partial charge < -0.3 is 0 Å². The molecule has 0 amide bonds. The molecule has 2 aromatic rings. The molecule has 0 bridgehead atoms. The van der Waals surface area contributed by atoms with Crippen molar-refractivity contribution in [2.24, 2.45) is 0 Å². The first kappa shape index (κ1) is 18.0. The summed E-state index contributed by atoms with van der Waals surface area (Å²) in [6, 6.07) is 14.4. The van der Waals surface area contributed by atoms with Crippen LogP contribution in [-0.2, 0) is 10.0 Å². The summed E-state index contributed by atoms with van der Waals surface area (Å²) in [6.45, 7) is 11.8. The van der Waals surface area contributed by atoms with Gasteiger partial charge in [0.05, 0.1) is 10.6 Å². The van der Waals surface area contributed by atoms with Gasteiger partial charge in [-0.05, 0) is 44.0 Å². The van der Waals surface area contributed by atoms with Gasteiger partial charge in [0.25, 0.3) is 10.0 Å². The van der Waals surface area contributed by atoms with E-state index in [-0.39, 0.29) is 4.90 Å². The molecule has 0 heterocycles. The second kappa shape index (κ2) is 7.49. The van der Waals surface area contributed by atoms with Crippen molar-refractivity contribution >= 4 is 21.3 Å². The lowest BCUT2D eigenvalue weighted by atomic mass is 10.1. The molecule has 0 aliphatic rings. The Bertz CT molecular complexity index is 836. The van der Waals surface area contributed by atoms with Crippen LogP contribution in [-0.4, -0.2) is 15.0 Å². The minimum absolute atomic E-state index is 0.286. The topological polar surface area (TPSA) is 37.4 Å². The zero-order valence-corrected chi connectivity index (χ0v) is 15.0. The summed E-state index contributed by atoms with van der Waals surface area (Å²) in [4.78, 5) is 0.286. The molecule has 0 unspecified atom stereocenters. The molecule has 2 rings (SSSR count). The highest BCUT2D eigenvalue weighted by Gasteiger charge is 2.26. The average Bonchev–Trinajstić information content (AvgIpc) is 2.55. The van der Waals surface area contributed by atoms with Crippen molar-refractivity contribution in [3.63, 3.8) is 0 Å². The number of sulfonamides is 1. The van der Waals surface area contributed by atoms with E-state index in [1.54, 1.807) is 18.2 Å². The van der Waals surface area contributed by atoms with Crippen LogP contribution in [0.5, 0.6) is 0 Å². The number of rotatable bonds is 7. The Morgan fingerprint density at radius 2 is 1.75 bits per heavy atom. The number of allylic oxidation sites excluding steroid dienone is 1. The first-order valence-corrected chi connectivity index (χ1v) is 9.27. The number of aryl methyl sites for hydroxylation is 1. The zero-order chi connectivity index (χ0) is 17.7. The van der Waals surface area contributed by atoms with Gasteiger partial charge in [-0.25, -0.2) is 8.42 Å². The third kappa shape index (κ3) is 3.77. The Hall–Kier alpha value is -2.33. The number of hydrogen-bond acceptors (Lipinski definition) is 2. The monoisotopic (exact) mass is 341 g/mol. The highest BCUT2D eigenvalue weighted by Crippen LogP contribution is 2.31. The maximum Gasteiger partial charge on any atom is 0.264 e. The van der Waals surface area contributed by atoms with Crippen LogP contribution in [0.3, 0.4) is 0 Å². The molecule has 0 N–H and O–H groups in total. The first-order valence-electron chi connectivity index (χ1n) is 7.83. The molecule has 0 atom stereocenters. The molecule has 0 saturated heterocycles. The first-order chi connectivity index (χ1) is 11.4. The number of nitrogens with zero attached hydrogens (tertiary/aromatic N) is 1. The normalized spacial score (nSPS) is 11.1. The van der Waals surface area contributed by atoms with Crippen LogP contribution in [0, 0.1) is 6.92 Å². The lowest BCUT2D eigenvalue weighted by Crippen LogP contribution is -2.32. The van der Waals surface area contributed by atoms with Gasteiger partial charge in [0.15, 0.2) is 0 Å². The van der Waals surface area contributed by atoms with Gasteiger partial charge in [-0.15, -0.1) is 6.58 Å². The molecule has 126 valence electrons. The Balaban J connectivity index is 2.59. The van der Waals surface area contributed by atoms with Crippen molar-refractivity contribution in [1.82, 2.24) is 0 Å². The van der Waals surface area contributed by atoms with Crippen molar-refractivity contribution in [2.75, 3.05) is 10.8 Å². The fourth-order valence-electron chi connectivity index (χ4n) is 2.47. The van der Waals surface area contributed by atoms with E-state index >= 15 is 0 Å². The lowest BCUT2D eigenvalue weighted by molar-refractivity contribution is 0.591. The molecule has 0 aromatic heterocycles. The summed E-state index contributed by atoms with van der Waals surface area (Å²) in [5.74, 6) is 0. The van der Waals surface area contributed by atoms with Gasteiger partial charge >= 0.3 is 0 Å². The van der Waals surface area contributed by atoms with Crippen molar-refractivity contribution in [2.45, 2.75) is 25.2 Å².